The third-order valence-electron chi connectivity index (χ3n) is 4.64. The Kier molecular flexibility index (Phi) is 7.57. The van der Waals surface area contributed by atoms with Crippen molar-refractivity contribution in [1.29, 1.82) is 0 Å². The van der Waals surface area contributed by atoms with Crippen LogP contribution in [0.3, 0.4) is 0 Å². The first-order chi connectivity index (χ1) is 13.8. The van der Waals surface area contributed by atoms with Crippen molar-refractivity contribution >= 4 is 56.0 Å². The molecule has 0 aliphatic rings. The van der Waals surface area contributed by atoms with Crippen LogP contribution in [0.25, 0.3) is 10.2 Å². The predicted octanol–water partition coefficient (Wildman–Crippen LogP) is 5.64. The van der Waals surface area contributed by atoms with Crippen molar-refractivity contribution in [2.75, 3.05) is 37.8 Å². The fourth-order valence-electron chi connectivity index (χ4n) is 2.93. The number of thioether (sulfide) groups is 1. The highest BCUT2D eigenvalue weighted by atomic mass is 35.5. The van der Waals surface area contributed by atoms with Crippen molar-refractivity contribution in [2.24, 2.45) is 0 Å². The van der Waals surface area contributed by atoms with E-state index >= 15 is 0 Å². The number of hydrogen-bond acceptors (Lipinski definition) is 5. The van der Waals surface area contributed by atoms with Gasteiger partial charge < -0.3 is 4.90 Å². The second-order valence-electron chi connectivity index (χ2n) is 7.32. The number of carbonyl (C=O) groups is 1. The zero-order chi connectivity index (χ0) is 21.0. The summed E-state index contributed by atoms with van der Waals surface area (Å²) in [4.78, 5) is 23.0. The Labute approximate surface area is 185 Å². The number of nitrogens with zero attached hydrogens (tertiary/aromatic N) is 3. The lowest BCUT2D eigenvalue weighted by Gasteiger charge is -2.21. The molecule has 4 nitrogen and oxygen atoms in total. The highest BCUT2D eigenvalue weighted by Crippen LogP contribution is 2.34. The van der Waals surface area contributed by atoms with E-state index in [0.717, 1.165) is 38.8 Å². The van der Waals surface area contributed by atoms with Gasteiger partial charge in [0, 0.05) is 16.5 Å². The van der Waals surface area contributed by atoms with Crippen LogP contribution in [0.5, 0.6) is 0 Å². The van der Waals surface area contributed by atoms with Gasteiger partial charge in [-0.2, -0.15) is 0 Å². The van der Waals surface area contributed by atoms with Gasteiger partial charge in [-0.15, -0.1) is 11.8 Å². The van der Waals surface area contributed by atoms with Gasteiger partial charge in [-0.25, -0.2) is 4.98 Å². The Balaban J connectivity index is 1.80. The average molecular weight is 448 g/mol. The number of benzene rings is 2. The number of fused-ring (bicyclic) bond motifs is 1. The summed E-state index contributed by atoms with van der Waals surface area (Å²) in [5.74, 6) is 0.470. The number of halogens is 1. The molecule has 0 unspecified atom stereocenters. The van der Waals surface area contributed by atoms with E-state index < -0.39 is 0 Å². The minimum absolute atomic E-state index is 0.0807. The fraction of sp³-hybridized carbons (Fsp3) is 0.364. The zero-order valence-electron chi connectivity index (χ0n) is 17.2. The Hall–Kier alpha value is -1.60. The Morgan fingerprint density at radius 2 is 1.83 bits per heavy atom. The Morgan fingerprint density at radius 1 is 1.10 bits per heavy atom. The quantitative estimate of drug-likeness (QED) is 0.418. The van der Waals surface area contributed by atoms with Gasteiger partial charge in [0.25, 0.3) is 0 Å². The summed E-state index contributed by atoms with van der Waals surface area (Å²) in [7, 11) is 4.09. The molecule has 1 heterocycles. The molecule has 154 valence electrons. The summed E-state index contributed by atoms with van der Waals surface area (Å²) < 4.78 is 1.05. The van der Waals surface area contributed by atoms with Crippen LogP contribution in [0.4, 0.5) is 5.13 Å². The number of aromatic nitrogens is 1. The van der Waals surface area contributed by atoms with Crippen molar-refractivity contribution in [3.05, 3.63) is 52.5 Å². The van der Waals surface area contributed by atoms with E-state index in [1.165, 1.54) is 5.56 Å². The summed E-state index contributed by atoms with van der Waals surface area (Å²) in [6.07, 6.45) is 0.892. The van der Waals surface area contributed by atoms with E-state index in [9.17, 15) is 4.79 Å². The molecule has 0 saturated heterocycles. The first kappa shape index (κ1) is 22.1. The molecule has 0 spiro atoms. The summed E-state index contributed by atoms with van der Waals surface area (Å²) in [5.41, 5.74) is 3.06. The monoisotopic (exact) mass is 447 g/mol. The van der Waals surface area contributed by atoms with Crippen molar-refractivity contribution in [2.45, 2.75) is 25.2 Å². The molecule has 0 bridgehead atoms. The molecule has 0 radical (unpaired) electrons. The van der Waals surface area contributed by atoms with Crippen LogP contribution in [-0.4, -0.2) is 48.7 Å². The number of aryl methyl sites for hydroxylation is 2. The molecular weight excluding hydrogens is 422 g/mol. The minimum atomic E-state index is 0.0807. The number of carbonyl (C=O) groups excluding carboxylic acids is 1. The SMILES string of the molecule is Cc1ccc(SCC(=O)N(CCCN(C)C)c2nc3c(C)c(Cl)ccc3s2)cc1. The van der Waals surface area contributed by atoms with Crippen molar-refractivity contribution in [3.63, 3.8) is 0 Å². The first-order valence-corrected chi connectivity index (χ1v) is 11.7. The molecule has 29 heavy (non-hydrogen) atoms. The number of hydrogen-bond donors (Lipinski definition) is 0. The van der Waals surface area contributed by atoms with Crippen molar-refractivity contribution in [3.8, 4) is 0 Å². The zero-order valence-corrected chi connectivity index (χ0v) is 19.6. The molecular formula is C22H26ClN3OS2. The van der Waals surface area contributed by atoms with Gasteiger partial charge in [-0.1, -0.05) is 40.6 Å². The largest absolute Gasteiger partial charge is 0.309 e. The van der Waals surface area contributed by atoms with Gasteiger partial charge in [0.2, 0.25) is 5.91 Å². The van der Waals surface area contributed by atoms with Crippen molar-refractivity contribution in [1.82, 2.24) is 9.88 Å². The fourth-order valence-corrected chi connectivity index (χ4v) is 4.93. The molecule has 7 heteroatoms. The number of thiazole rings is 1. The molecule has 1 amide bonds. The van der Waals surface area contributed by atoms with E-state index in [2.05, 4.69) is 36.1 Å². The molecule has 1 aromatic heterocycles. The van der Waals surface area contributed by atoms with Crippen LogP contribution >= 0.6 is 34.7 Å². The highest BCUT2D eigenvalue weighted by molar-refractivity contribution is 8.00. The normalized spacial score (nSPS) is 11.4. The molecule has 0 fully saturated rings. The number of amides is 1. The first-order valence-electron chi connectivity index (χ1n) is 9.55. The lowest BCUT2D eigenvalue weighted by atomic mass is 10.2. The van der Waals surface area contributed by atoms with Crippen LogP contribution < -0.4 is 4.90 Å². The molecule has 0 atom stereocenters. The average Bonchev–Trinajstić information content (AvgIpc) is 3.12. The molecule has 0 aliphatic carbocycles. The van der Waals surface area contributed by atoms with Crippen molar-refractivity contribution < 1.29 is 4.79 Å². The summed E-state index contributed by atoms with van der Waals surface area (Å²) in [6.45, 7) is 5.61. The molecule has 0 saturated carbocycles. The van der Waals surface area contributed by atoms with Gasteiger partial charge in [0.1, 0.15) is 0 Å². The third kappa shape index (κ3) is 5.72. The topological polar surface area (TPSA) is 36.4 Å². The maximum atomic E-state index is 13.1. The van der Waals surface area contributed by atoms with Gasteiger partial charge in [-0.05, 0) is 70.7 Å². The van der Waals surface area contributed by atoms with Crippen LogP contribution in [0.1, 0.15) is 17.5 Å². The van der Waals surface area contributed by atoms with E-state index in [4.69, 9.17) is 16.6 Å². The molecule has 3 aromatic rings. The Bertz CT molecular complexity index is 986. The molecule has 0 aliphatic heterocycles. The van der Waals surface area contributed by atoms with E-state index in [-0.39, 0.29) is 5.91 Å². The van der Waals surface area contributed by atoms with Crippen LogP contribution in [-0.2, 0) is 4.79 Å². The maximum Gasteiger partial charge on any atom is 0.239 e. The standard InChI is InChI=1S/C22H26ClN3OS2/c1-15-6-8-17(9-7-15)28-14-20(27)26(13-5-12-25(3)4)22-24-21-16(2)18(23)10-11-19(21)29-22/h6-11H,5,12-14H2,1-4H3. The summed E-state index contributed by atoms with van der Waals surface area (Å²) >= 11 is 9.38. The molecule has 0 N–H and O–H groups in total. The number of rotatable bonds is 8. The van der Waals surface area contributed by atoms with E-state index in [1.54, 1.807) is 23.1 Å². The van der Waals surface area contributed by atoms with E-state index in [0.29, 0.717) is 17.3 Å². The summed E-state index contributed by atoms with van der Waals surface area (Å²) in [6, 6.07) is 12.1. The van der Waals surface area contributed by atoms with Gasteiger partial charge in [0.05, 0.1) is 16.0 Å². The minimum Gasteiger partial charge on any atom is -0.309 e. The summed E-state index contributed by atoms with van der Waals surface area (Å²) in [5, 5.41) is 1.45. The second kappa shape index (κ2) is 9.94. The van der Waals surface area contributed by atoms with Crippen LogP contribution in [0.15, 0.2) is 41.3 Å². The lowest BCUT2D eigenvalue weighted by Crippen LogP contribution is -2.34. The Morgan fingerprint density at radius 3 is 2.52 bits per heavy atom. The lowest BCUT2D eigenvalue weighted by molar-refractivity contribution is -0.116. The molecule has 3 rings (SSSR count). The van der Waals surface area contributed by atoms with Crippen LogP contribution in [0, 0.1) is 13.8 Å². The van der Waals surface area contributed by atoms with Crippen LogP contribution in [0.2, 0.25) is 5.02 Å². The smallest absolute Gasteiger partial charge is 0.239 e. The maximum absolute atomic E-state index is 13.1. The van der Waals surface area contributed by atoms with E-state index in [1.807, 2.05) is 38.1 Å². The van der Waals surface area contributed by atoms with Gasteiger partial charge >= 0.3 is 0 Å². The second-order valence-corrected chi connectivity index (χ2v) is 9.78. The third-order valence-corrected chi connectivity index (χ3v) is 7.09. The van der Waals surface area contributed by atoms with Gasteiger partial charge in [0.15, 0.2) is 5.13 Å². The predicted molar refractivity (Wildman–Crippen MR) is 127 cm³/mol. The highest BCUT2D eigenvalue weighted by Gasteiger charge is 2.20. The number of anilines is 1. The molecule has 2 aromatic carbocycles. The van der Waals surface area contributed by atoms with Gasteiger partial charge in [-0.3, -0.25) is 9.69 Å².